The minimum atomic E-state index is 0. The van der Waals surface area contributed by atoms with Crippen LogP contribution in [-0.4, -0.2) is 18.6 Å². The summed E-state index contributed by atoms with van der Waals surface area (Å²) in [6.45, 7) is 2.28. The quantitative estimate of drug-likeness (QED) is 0.402. The number of para-hydroxylation sites is 1. The average Bonchev–Trinajstić information content (AvgIpc) is 3.40. The number of H-pyrrole nitrogens is 1. The van der Waals surface area contributed by atoms with Crippen molar-refractivity contribution in [2.45, 2.75) is 19.6 Å². The number of hydrogen-bond acceptors (Lipinski definition) is 4. The van der Waals surface area contributed by atoms with Crippen LogP contribution >= 0.6 is 11.3 Å². The fourth-order valence-corrected chi connectivity index (χ4v) is 3.90. The number of hydrogen-bond donors (Lipinski definition) is 2. The zero-order valence-corrected chi connectivity index (χ0v) is 17.9. The number of aromatic nitrogens is 1. The minimum Gasteiger partial charge on any atom is -1.00 e. The summed E-state index contributed by atoms with van der Waals surface area (Å²) in [4.78, 5) is 4.53. The number of ether oxygens (including phenoxy) is 2. The van der Waals surface area contributed by atoms with Crippen LogP contribution in [0.4, 0.5) is 0 Å². The maximum atomic E-state index is 5.90. The van der Waals surface area contributed by atoms with Crippen LogP contribution in [0.1, 0.15) is 16.0 Å². The molecule has 0 fully saturated rings. The molecule has 0 radical (unpaired) electrons. The van der Waals surface area contributed by atoms with E-state index in [1.165, 1.54) is 26.9 Å². The normalized spacial score (nSPS) is 10.7. The van der Waals surface area contributed by atoms with Crippen LogP contribution in [0, 0.1) is 0 Å². The van der Waals surface area contributed by atoms with E-state index in [-0.39, 0.29) is 12.4 Å². The fourth-order valence-electron chi connectivity index (χ4n) is 3.28. The molecule has 0 spiro atoms. The van der Waals surface area contributed by atoms with Crippen molar-refractivity contribution in [3.8, 4) is 11.5 Å². The molecule has 0 saturated heterocycles. The van der Waals surface area contributed by atoms with Crippen molar-refractivity contribution in [2.75, 3.05) is 13.7 Å². The average molecular weight is 428 g/mol. The van der Waals surface area contributed by atoms with Gasteiger partial charge >= 0.3 is 0 Å². The van der Waals surface area contributed by atoms with Crippen molar-refractivity contribution in [1.29, 1.82) is 0 Å². The van der Waals surface area contributed by atoms with Crippen LogP contribution in [0.25, 0.3) is 10.9 Å². The Balaban J connectivity index is 0.00000240. The van der Waals surface area contributed by atoms with E-state index >= 15 is 0 Å². The van der Waals surface area contributed by atoms with Crippen molar-refractivity contribution in [3.63, 3.8) is 0 Å². The second-order valence-corrected chi connectivity index (χ2v) is 7.67. The maximum Gasteiger partial charge on any atom is 0.161 e. The first-order valence-corrected chi connectivity index (χ1v) is 10.3. The van der Waals surface area contributed by atoms with Crippen LogP contribution < -0.4 is 27.2 Å². The van der Waals surface area contributed by atoms with Crippen molar-refractivity contribution < 1.29 is 21.9 Å². The predicted molar refractivity (Wildman–Crippen MR) is 115 cm³/mol. The Bertz CT molecular complexity index is 1030. The van der Waals surface area contributed by atoms with Gasteiger partial charge in [-0.1, -0.05) is 30.3 Å². The number of fused-ring (bicyclic) bond motifs is 1. The van der Waals surface area contributed by atoms with Gasteiger partial charge in [0.15, 0.2) is 11.5 Å². The highest BCUT2D eigenvalue weighted by molar-refractivity contribution is 7.09. The third-order valence-corrected chi connectivity index (χ3v) is 5.60. The molecule has 2 aromatic carbocycles. The number of benzene rings is 2. The van der Waals surface area contributed by atoms with Crippen molar-refractivity contribution in [2.24, 2.45) is 0 Å². The third-order valence-electron chi connectivity index (χ3n) is 4.75. The second-order valence-electron chi connectivity index (χ2n) is 6.64. The lowest BCUT2D eigenvalue weighted by atomic mass is 10.1. The van der Waals surface area contributed by atoms with E-state index in [0.29, 0.717) is 6.61 Å². The molecule has 0 bridgehead atoms. The van der Waals surface area contributed by atoms with E-state index in [4.69, 9.17) is 9.47 Å². The summed E-state index contributed by atoms with van der Waals surface area (Å²) in [6.07, 6.45) is 3.10. The summed E-state index contributed by atoms with van der Waals surface area (Å²) < 4.78 is 11.4. The number of thiophene rings is 1. The Morgan fingerprint density at radius 1 is 1.03 bits per heavy atom. The van der Waals surface area contributed by atoms with Gasteiger partial charge in [-0.3, -0.25) is 0 Å². The van der Waals surface area contributed by atoms with Gasteiger partial charge < -0.3 is 32.2 Å². The number of aromatic amines is 1. The maximum absolute atomic E-state index is 5.90. The summed E-state index contributed by atoms with van der Waals surface area (Å²) in [5, 5.41) is 6.88. The molecular weight excluding hydrogens is 404 g/mol. The molecule has 4 nitrogen and oxygen atoms in total. The van der Waals surface area contributed by atoms with E-state index in [1.54, 1.807) is 18.4 Å². The Morgan fingerprint density at radius 2 is 1.93 bits per heavy atom. The molecule has 0 unspecified atom stereocenters. The zero-order chi connectivity index (χ0) is 19.2. The topological polar surface area (TPSA) is 46.3 Å². The first-order chi connectivity index (χ1) is 13.8. The Kier molecular flexibility index (Phi) is 7.58. The highest BCUT2D eigenvalue weighted by atomic mass is 35.5. The highest BCUT2D eigenvalue weighted by Gasteiger charge is 2.07. The van der Waals surface area contributed by atoms with Crippen molar-refractivity contribution in [1.82, 2.24) is 10.3 Å². The van der Waals surface area contributed by atoms with Gasteiger partial charge in [-0.15, -0.1) is 11.3 Å². The predicted octanol–water partition coefficient (Wildman–Crippen LogP) is 2.15. The molecule has 6 heteroatoms. The van der Waals surface area contributed by atoms with Crippen LogP contribution in [0.2, 0.25) is 0 Å². The van der Waals surface area contributed by atoms with E-state index < -0.39 is 0 Å². The fraction of sp³-hybridized carbons (Fsp3) is 0.217. The molecule has 0 atom stereocenters. The minimum absolute atomic E-state index is 0. The van der Waals surface area contributed by atoms with Crippen LogP contribution in [-0.2, 0) is 19.6 Å². The largest absolute Gasteiger partial charge is 1.00 e. The SMILES string of the molecule is COc1cc(CNCCc2c[nH]c3ccccc23)ccc1OCc1cccs1.[Cl-]. The lowest BCUT2D eigenvalue weighted by molar-refractivity contribution is -0.00000615. The van der Waals surface area contributed by atoms with Crippen molar-refractivity contribution >= 4 is 22.2 Å². The molecule has 0 aliphatic carbocycles. The first kappa shape index (κ1) is 21.2. The van der Waals surface area contributed by atoms with Crippen LogP contribution in [0.3, 0.4) is 0 Å². The molecule has 0 aliphatic heterocycles. The van der Waals surface area contributed by atoms with E-state index in [2.05, 4.69) is 58.3 Å². The number of nitrogens with one attached hydrogen (secondary N) is 2. The molecule has 0 saturated carbocycles. The van der Waals surface area contributed by atoms with Crippen LogP contribution in [0.15, 0.2) is 66.2 Å². The first-order valence-electron chi connectivity index (χ1n) is 9.41. The second kappa shape index (κ2) is 10.3. The standard InChI is InChI=1S/C23H24N2O2S.ClH/c1-26-23-13-17(8-9-22(23)27-16-19-5-4-12-28-19)14-24-11-10-18-15-25-21-7-3-2-6-20(18)21;/h2-9,12-13,15,24-25H,10-11,14,16H2,1H3;1H/p-1. The van der Waals surface area contributed by atoms with Gasteiger partial charge in [-0.05, 0) is 53.7 Å². The number of methoxy groups -OCH3 is 1. The smallest absolute Gasteiger partial charge is 0.161 e. The van der Waals surface area contributed by atoms with Crippen molar-refractivity contribution in [3.05, 3.63) is 82.2 Å². The van der Waals surface area contributed by atoms with Gasteiger partial charge in [0.2, 0.25) is 0 Å². The van der Waals surface area contributed by atoms with Gasteiger partial charge in [0.05, 0.1) is 7.11 Å². The third kappa shape index (κ3) is 5.32. The summed E-state index contributed by atoms with van der Waals surface area (Å²) in [7, 11) is 1.68. The van der Waals surface area contributed by atoms with Gasteiger partial charge in [-0.2, -0.15) is 0 Å². The Hall–Kier alpha value is -2.47. The lowest BCUT2D eigenvalue weighted by Gasteiger charge is -2.12. The van der Waals surface area contributed by atoms with Crippen LogP contribution in [0.5, 0.6) is 11.5 Å². The Labute approximate surface area is 181 Å². The van der Waals surface area contributed by atoms with E-state index in [9.17, 15) is 0 Å². The van der Waals surface area contributed by atoms with Gasteiger partial charge in [0, 0.05) is 28.5 Å². The molecule has 2 heterocycles. The zero-order valence-electron chi connectivity index (χ0n) is 16.3. The molecule has 0 aliphatic rings. The summed E-state index contributed by atoms with van der Waals surface area (Å²) >= 11 is 1.69. The Morgan fingerprint density at radius 3 is 2.76 bits per heavy atom. The molecule has 29 heavy (non-hydrogen) atoms. The van der Waals surface area contributed by atoms with Gasteiger partial charge in [-0.25, -0.2) is 0 Å². The van der Waals surface area contributed by atoms with E-state index in [0.717, 1.165) is 31.0 Å². The lowest BCUT2D eigenvalue weighted by Crippen LogP contribution is -3.00. The summed E-state index contributed by atoms with van der Waals surface area (Å²) in [5.41, 5.74) is 3.72. The summed E-state index contributed by atoms with van der Waals surface area (Å²) in [6, 6.07) is 18.6. The van der Waals surface area contributed by atoms with E-state index in [1.807, 2.05) is 18.2 Å². The number of rotatable bonds is 9. The molecule has 0 amide bonds. The summed E-state index contributed by atoms with van der Waals surface area (Å²) in [5.74, 6) is 1.55. The highest BCUT2D eigenvalue weighted by Crippen LogP contribution is 2.29. The molecule has 152 valence electrons. The van der Waals surface area contributed by atoms with Gasteiger partial charge in [0.1, 0.15) is 6.61 Å². The molecule has 2 aromatic heterocycles. The molecular formula is C23H24ClN2O2S-. The number of halogens is 1. The molecule has 4 rings (SSSR count). The monoisotopic (exact) mass is 427 g/mol. The molecule has 4 aromatic rings. The van der Waals surface area contributed by atoms with Gasteiger partial charge in [0.25, 0.3) is 0 Å². The molecule has 2 N–H and O–H groups in total.